The summed E-state index contributed by atoms with van der Waals surface area (Å²) in [4.78, 5) is 23.7. The molecule has 0 fully saturated rings. The van der Waals surface area contributed by atoms with E-state index in [0.717, 1.165) is 12.8 Å². The van der Waals surface area contributed by atoms with Crippen LogP contribution in [0.5, 0.6) is 0 Å². The lowest BCUT2D eigenvalue weighted by Gasteiger charge is -2.24. The number of nitrogens with one attached hydrogen (secondary N) is 2. The molecule has 0 aromatic heterocycles. The van der Waals surface area contributed by atoms with Crippen molar-refractivity contribution in [2.45, 2.75) is 25.2 Å². The van der Waals surface area contributed by atoms with Gasteiger partial charge in [-0.15, -0.1) is 12.4 Å². The molecule has 2 rings (SSSR count). The lowest BCUT2D eigenvalue weighted by molar-refractivity contribution is -0.126. The van der Waals surface area contributed by atoms with Gasteiger partial charge in [-0.3, -0.25) is 9.59 Å². The number of nitrogens with two attached hydrogens (primary N) is 1. The second-order valence-electron chi connectivity index (χ2n) is 4.82. The number of anilines is 1. The molecule has 0 bridgehead atoms. The van der Waals surface area contributed by atoms with Gasteiger partial charge in [0.25, 0.3) is 0 Å². The van der Waals surface area contributed by atoms with Gasteiger partial charge in [-0.05, 0) is 37.1 Å². The Kier molecular flexibility index (Phi) is 6.58. The van der Waals surface area contributed by atoms with Crippen molar-refractivity contribution in [1.29, 1.82) is 0 Å². The van der Waals surface area contributed by atoms with E-state index in [0.29, 0.717) is 24.3 Å². The maximum atomic E-state index is 13.2. The van der Waals surface area contributed by atoms with Crippen LogP contribution in [-0.4, -0.2) is 24.9 Å². The zero-order chi connectivity index (χ0) is 14.5. The van der Waals surface area contributed by atoms with E-state index in [1.165, 1.54) is 12.1 Å². The van der Waals surface area contributed by atoms with Gasteiger partial charge >= 0.3 is 0 Å². The van der Waals surface area contributed by atoms with E-state index >= 15 is 0 Å². The molecule has 1 aliphatic rings. The lowest BCUT2D eigenvalue weighted by Crippen LogP contribution is -2.35. The highest BCUT2D eigenvalue weighted by molar-refractivity contribution is 6.01. The molecule has 1 aliphatic heterocycles. The normalized spacial score (nSPS) is 16.5. The van der Waals surface area contributed by atoms with E-state index in [-0.39, 0.29) is 30.6 Å². The van der Waals surface area contributed by atoms with Crippen LogP contribution >= 0.6 is 12.4 Å². The number of carbonyl (C=O) groups excluding carboxylic acids is 2. The first-order valence-electron chi connectivity index (χ1n) is 6.69. The molecule has 0 saturated carbocycles. The average Bonchev–Trinajstić information content (AvgIpc) is 2.42. The molecule has 1 unspecified atom stereocenters. The second kappa shape index (κ2) is 7.95. The van der Waals surface area contributed by atoms with Crippen LogP contribution < -0.4 is 16.4 Å². The van der Waals surface area contributed by atoms with Crippen LogP contribution in [0.4, 0.5) is 10.1 Å². The monoisotopic (exact) mass is 315 g/mol. The van der Waals surface area contributed by atoms with Gasteiger partial charge < -0.3 is 16.4 Å². The predicted octanol–water partition coefficient (Wildman–Crippen LogP) is 1.53. The molecule has 7 heteroatoms. The number of amides is 2. The molecule has 1 atom stereocenters. The maximum absolute atomic E-state index is 13.2. The van der Waals surface area contributed by atoms with Gasteiger partial charge in [0.2, 0.25) is 11.8 Å². The zero-order valence-corrected chi connectivity index (χ0v) is 12.3. The van der Waals surface area contributed by atoms with Crippen molar-refractivity contribution in [2.75, 3.05) is 18.4 Å². The van der Waals surface area contributed by atoms with E-state index in [9.17, 15) is 14.0 Å². The van der Waals surface area contributed by atoms with Crippen LogP contribution in [0.2, 0.25) is 0 Å². The summed E-state index contributed by atoms with van der Waals surface area (Å²) in [6.45, 7) is 1.12. The Morgan fingerprint density at radius 3 is 2.90 bits per heavy atom. The Labute approximate surface area is 128 Å². The van der Waals surface area contributed by atoms with E-state index in [4.69, 9.17) is 5.73 Å². The fraction of sp³-hybridized carbons (Fsp3) is 0.429. The van der Waals surface area contributed by atoms with Crippen LogP contribution in [-0.2, 0) is 9.59 Å². The fourth-order valence-corrected chi connectivity index (χ4v) is 2.28. The predicted molar refractivity (Wildman–Crippen MR) is 80.9 cm³/mol. The van der Waals surface area contributed by atoms with E-state index < -0.39 is 11.7 Å². The molecule has 0 saturated heterocycles. The van der Waals surface area contributed by atoms with Crippen LogP contribution in [0.3, 0.4) is 0 Å². The summed E-state index contributed by atoms with van der Waals surface area (Å²) < 4.78 is 13.2. The topological polar surface area (TPSA) is 84.2 Å². The van der Waals surface area contributed by atoms with E-state index in [1.807, 2.05) is 0 Å². The molecule has 1 aromatic carbocycles. The molecular formula is C14H19ClFN3O2. The third-order valence-electron chi connectivity index (χ3n) is 3.30. The number of carbonyl (C=O) groups is 2. The molecule has 4 N–H and O–H groups in total. The van der Waals surface area contributed by atoms with Gasteiger partial charge in [0.1, 0.15) is 5.82 Å². The Hall–Kier alpha value is -1.66. The highest BCUT2D eigenvalue weighted by Gasteiger charge is 2.30. The van der Waals surface area contributed by atoms with Gasteiger partial charge in [0, 0.05) is 18.7 Å². The summed E-state index contributed by atoms with van der Waals surface area (Å²) >= 11 is 0. The van der Waals surface area contributed by atoms with Crippen molar-refractivity contribution >= 4 is 29.9 Å². The molecule has 0 aliphatic carbocycles. The Balaban J connectivity index is 0.00000220. The van der Waals surface area contributed by atoms with Gasteiger partial charge in [-0.25, -0.2) is 4.39 Å². The van der Waals surface area contributed by atoms with Gasteiger partial charge in [-0.1, -0.05) is 6.07 Å². The summed E-state index contributed by atoms with van der Waals surface area (Å²) in [5, 5.41) is 5.38. The zero-order valence-electron chi connectivity index (χ0n) is 11.5. The highest BCUT2D eigenvalue weighted by Crippen LogP contribution is 2.32. The third kappa shape index (κ3) is 4.41. The maximum Gasteiger partial charge on any atom is 0.228 e. The van der Waals surface area contributed by atoms with Crippen LogP contribution in [0, 0.1) is 5.82 Å². The highest BCUT2D eigenvalue weighted by atomic mass is 35.5. The molecule has 1 aromatic rings. The smallest absolute Gasteiger partial charge is 0.228 e. The van der Waals surface area contributed by atoms with Gasteiger partial charge in [-0.2, -0.15) is 0 Å². The summed E-state index contributed by atoms with van der Waals surface area (Å²) in [7, 11) is 0. The summed E-state index contributed by atoms with van der Waals surface area (Å²) in [5.74, 6) is -1.47. The summed E-state index contributed by atoms with van der Waals surface area (Å²) in [6.07, 6.45) is 1.73. The largest absolute Gasteiger partial charge is 0.356 e. The van der Waals surface area contributed by atoms with Crippen LogP contribution in [0.25, 0.3) is 0 Å². The molecule has 5 nitrogen and oxygen atoms in total. The molecule has 0 radical (unpaired) electrons. The van der Waals surface area contributed by atoms with Crippen molar-refractivity contribution in [3.05, 3.63) is 29.6 Å². The first kappa shape index (κ1) is 17.4. The molecule has 2 amide bonds. The SMILES string of the molecule is Cl.NCCCCNC(=O)C1CC(=O)Nc2cc(F)ccc21. The molecule has 1 heterocycles. The number of hydrogen-bond acceptors (Lipinski definition) is 3. The van der Waals surface area contributed by atoms with Crippen molar-refractivity contribution in [3.63, 3.8) is 0 Å². The first-order chi connectivity index (χ1) is 9.61. The number of unbranched alkanes of at least 4 members (excludes halogenated alkanes) is 1. The quantitative estimate of drug-likeness (QED) is 0.720. The van der Waals surface area contributed by atoms with Crippen LogP contribution in [0.1, 0.15) is 30.7 Å². The number of benzene rings is 1. The summed E-state index contributed by atoms with van der Waals surface area (Å²) in [5.41, 5.74) is 6.42. The molecule has 0 spiro atoms. The second-order valence-corrected chi connectivity index (χ2v) is 4.82. The minimum atomic E-state index is -0.558. The van der Waals surface area contributed by atoms with Crippen molar-refractivity contribution in [1.82, 2.24) is 5.32 Å². The number of rotatable bonds is 5. The van der Waals surface area contributed by atoms with Crippen molar-refractivity contribution in [2.24, 2.45) is 5.73 Å². The number of halogens is 2. The van der Waals surface area contributed by atoms with E-state index in [2.05, 4.69) is 10.6 Å². The first-order valence-corrected chi connectivity index (χ1v) is 6.69. The standard InChI is InChI=1S/C14H18FN3O2.ClH/c15-9-3-4-10-11(8-13(19)18-12(10)7-9)14(20)17-6-2-1-5-16;/h3-4,7,11H,1-2,5-6,8,16H2,(H,17,20)(H,18,19);1H. The van der Waals surface area contributed by atoms with Crippen LogP contribution in [0.15, 0.2) is 18.2 Å². The van der Waals surface area contributed by atoms with Crippen molar-refractivity contribution < 1.29 is 14.0 Å². The average molecular weight is 316 g/mol. The van der Waals surface area contributed by atoms with Gasteiger partial charge in [0.05, 0.1) is 5.92 Å². The van der Waals surface area contributed by atoms with Gasteiger partial charge in [0.15, 0.2) is 0 Å². The molecular weight excluding hydrogens is 297 g/mol. The molecule has 21 heavy (non-hydrogen) atoms. The third-order valence-corrected chi connectivity index (χ3v) is 3.30. The Bertz CT molecular complexity index is 525. The number of hydrogen-bond donors (Lipinski definition) is 3. The van der Waals surface area contributed by atoms with Crippen molar-refractivity contribution in [3.8, 4) is 0 Å². The minimum absolute atomic E-state index is 0. The Morgan fingerprint density at radius 2 is 2.19 bits per heavy atom. The number of fused-ring (bicyclic) bond motifs is 1. The fourth-order valence-electron chi connectivity index (χ4n) is 2.28. The summed E-state index contributed by atoms with van der Waals surface area (Å²) in [6, 6.07) is 4.08. The lowest BCUT2D eigenvalue weighted by atomic mass is 9.89. The molecule has 116 valence electrons. The Morgan fingerprint density at radius 1 is 1.43 bits per heavy atom. The minimum Gasteiger partial charge on any atom is -0.356 e. The van der Waals surface area contributed by atoms with E-state index in [1.54, 1.807) is 6.07 Å².